The number of aromatic nitrogens is 2. The van der Waals surface area contributed by atoms with Gasteiger partial charge in [0.25, 0.3) is 5.89 Å². The van der Waals surface area contributed by atoms with Crippen LogP contribution in [-0.4, -0.2) is 10.1 Å². The molecule has 0 aliphatic carbocycles. The Labute approximate surface area is 121 Å². The molecule has 0 saturated carbocycles. The Hall–Kier alpha value is -2.69. The van der Waals surface area contributed by atoms with Crippen molar-refractivity contribution in [2.75, 3.05) is 0 Å². The Bertz CT molecular complexity index is 738. The zero-order valence-electron chi connectivity index (χ0n) is 11.4. The second-order valence-electron chi connectivity index (χ2n) is 4.63. The average molecular weight is 284 g/mol. The number of halogens is 1. The van der Waals surface area contributed by atoms with Gasteiger partial charge in [0.2, 0.25) is 5.82 Å². The molecule has 3 rings (SSSR count). The molecule has 0 aliphatic heterocycles. The summed E-state index contributed by atoms with van der Waals surface area (Å²) in [6.07, 6.45) is 0. The predicted molar refractivity (Wildman–Crippen MR) is 75.2 cm³/mol. The van der Waals surface area contributed by atoms with Crippen molar-refractivity contribution in [2.24, 2.45) is 0 Å². The zero-order chi connectivity index (χ0) is 14.7. The molecule has 0 unspecified atom stereocenters. The third-order valence-electron chi connectivity index (χ3n) is 2.93. The van der Waals surface area contributed by atoms with E-state index in [4.69, 9.17) is 9.26 Å². The minimum atomic E-state index is -0.346. The van der Waals surface area contributed by atoms with Crippen LogP contribution in [0.25, 0.3) is 11.5 Å². The van der Waals surface area contributed by atoms with Gasteiger partial charge in [-0.3, -0.25) is 0 Å². The molecule has 0 aliphatic rings. The van der Waals surface area contributed by atoms with Gasteiger partial charge in [0.1, 0.15) is 11.6 Å². The van der Waals surface area contributed by atoms with Gasteiger partial charge in [0.05, 0.1) is 0 Å². The van der Waals surface area contributed by atoms with Crippen molar-refractivity contribution in [2.45, 2.75) is 13.5 Å². The molecule has 3 aromatic rings. The van der Waals surface area contributed by atoms with Gasteiger partial charge in [-0.1, -0.05) is 28.9 Å². The highest BCUT2D eigenvalue weighted by atomic mass is 19.1. The Morgan fingerprint density at radius 3 is 2.71 bits per heavy atom. The Morgan fingerprint density at radius 1 is 1.14 bits per heavy atom. The molecule has 0 fully saturated rings. The number of hydrogen-bond donors (Lipinski definition) is 0. The fraction of sp³-hybridized carbons (Fsp3) is 0.125. The lowest BCUT2D eigenvalue weighted by molar-refractivity contribution is 0.286. The van der Waals surface area contributed by atoms with Crippen LogP contribution >= 0.6 is 0 Å². The molecule has 4 nitrogen and oxygen atoms in total. The molecular weight excluding hydrogens is 271 g/mol. The number of rotatable bonds is 4. The van der Waals surface area contributed by atoms with Crippen molar-refractivity contribution >= 4 is 0 Å². The summed E-state index contributed by atoms with van der Waals surface area (Å²) in [5.41, 5.74) is 2.01. The number of hydrogen-bond acceptors (Lipinski definition) is 4. The second kappa shape index (κ2) is 5.75. The van der Waals surface area contributed by atoms with Gasteiger partial charge in [0, 0.05) is 11.6 Å². The summed E-state index contributed by atoms with van der Waals surface area (Å²) in [6, 6.07) is 13.7. The average Bonchev–Trinajstić information content (AvgIpc) is 2.95. The van der Waals surface area contributed by atoms with Crippen LogP contribution in [0.5, 0.6) is 5.75 Å². The summed E-state index contributed by atoms with van der Waals surface area (Å²) in [5, 5.41) is 3.85. The molecule has 5 heteroatoms. The quantitative estimate of drug-likeness (QED) is 0.732. The molecule has 0 atom stereocenters. The van der Waals surface area contributed by atoms with Crippen LogP contribution in [0.4, 0.5) is 4.39 Å². The number of benzene rings is 2. The van der Waals surface area contributed by atoms with Crippen LogP contribution in [0, 0.1) is 12.7 Å². The van der Waals surface area contributed by atoms with Gasteiger partial charge >= 0.3 is 0 Å². The lowest BCUT2D eigenvalue weighted by Crippen LogP contribution is -1.97. The smallest absolute Gasteiger partial charge is 0.258 e. The monoisotopic (exact) mass is 284 g/mol. The van der Waals surface area contributed by atoms with E-state index in [2.05, 4.69) is 10.1 Å². The van der Waals surface area contributed by atoms with Gasteiger partial charge in [0.15, 0.2) is 6.61 Å². The first-order chi connectivity index (χ1) is 10.2. The Morgan fingerprint density at radius 2 is 1.95 bits per heavy atom. The molecule has 1 aromatic heterocycles. The summed E-state index contributed by atoms with van der Waals surface area (Å²) in [4.78, 5) is 4.25. The van der Waals surface area contributed by atoms with Crippen LogP contribution in [0.2, 0.25) is 0 Å². The fourth-order valence-corrected chi connectivity index (χ4v) is 1.83. The van der Waals surface area contributed by atoms with Crippen molar-refractivity contribution in [3.05, 3.63) is 65.7 Å². The van der Waals surface area contributed by atoms with Gasteiger partial charge in [-0.2, -0.15) is 4.98 Å². The van der Waals surface area contributed by atoms with Crippen molar-refractivity contribution in [3.8, 4) is 17.2 Å². The minimum absolute atomic E-state index is 0.124. The maximum absolute atomic E-state index is 13.0. The molecule has 1 heterocycles. The summed E-state index contributed by atoms with van der Waals surface area (Å²) < 4.78 is 23.6. The van der Waals surface area contributed by atoms with E-state index < -0.39 is 0 Å². The highest BCUT2D eigenvalue weighted by Crippen LogP contribution is 2.18. The molecule has 0 amide bonds. The number of ether oxygens (including phenoxy) is 1. The van der Waals surface area contributed by atoms with Crippen molar-refractivity contribution in [1.29, 1.82) is 0 Å². The summed E-state index contributed by atoms with van der Waals surface area (Å²) >= 11 is 0. The van der Waals surface area contributed by atoms with Crippen molar-refractivity contribution in [1.82, 2.24) is 10.1 Å². The summed E-state index contributed by atoms with van der Waals surface area (Å²) in [7, 11) is 0. The maximum Gasteiger partial charge on any atom is 0.258 e. The highest BCUT2D eigenvalue weighted by Gasteiger charge is 2.09. The van der Waals surface area contributed by atoms with Crippen LogP contribution in [0.3, 0.4) is 0 Å². The molecule has 106 valence electrons. The highest BCUT2D eigenvalue weighted by molar-refractivity contribution is 5.53. The minimum Gasteiger partial charge on any atom is -0.485 e. The largest absolute Gasteiger partial charge is 0.485 e. The third kappa shape index (κ3) is 3.25. The molecule has 0 bridgehead atoms. The number of aryl methyl sites for hydroxylation is 1. The summed E-state index contributed by atoms with van der Waals surface area (Å²) in [5.74, 6) is 0.931. The molecule has 0 radical (unpaired) electrons. The SMILES string of the molecule is Cc1ccc(-c2nc(COc3cccc(F)c3)no2)cc1. The van der Waals surface area contributed by atoms with Gasteiger partial charge in [-0.25, -0.2) is 4.39 Å². The van der Waals surface area contributed by atoms with E-state index >= 15 is 0 Å². The first-order valence-corrected chi connectivity index (χ1v) is 6.49. The molecule has 2 aromatic carbocycles. The van der Waals surface area contributed by atoms with Gasteiger partial charge in [-0.15, -0.1) is 0 Å². The lowest BCUT2D eigenvalue weighted by atomic mass is 10.1. The first-order valence-electron chi connectivity index (χ1n) is 6.49. The van der Waals surface area contributed by atoms with Gasteiger partial charge < -0.3 is 9.26 Å². The Kier molecular flexibility index (Phi) is 3.64. The van der Waals surface area contributed by atoms with Crippen LogP contribution < -0.4 is 4.74 Å². The van der Waals surface area contributed by atoms with Crippen LogP contribution in [0.15, 0.2) is 53.1 Å². The third-order valence-corrected chi connectivity index (χ3v) is 2.93. The van der Waals surface area contributed by atoms with Gasteiger partial charge in [-0.05, 0) is 31.2 Å². The lowest BCUT2D eigenvalue weighted by Gasteiger charge is -2.02. The van der Waals surface area contributed by atoms with Crippen LogP contribution in [-0.2, 0) is 6.61 Å². The van der Waals surface area contributed by atoms with E-state index in [1.54, 1.807) is 12.1 Å². The fourth-order valence-electron chi connectivity index (χ4n) is 1.83. The standard InChI is InChI=1S/C16H13FN2O2/c1-11-5-7-12(8-6-11)16-18-15(19-21-16)10-20-14-4-2-3-13(17)9-14/h2-9H,10H2,1H3. The van der Waals surface area contributed by atoms with Crippen LogP contribution in [0.1, 0.15) is 11.4 Å². The maximum atomic E-state index is 13.0. The Balaban J connectivity index is 1.69. The topological polar surface area (TPSA) is 48.2 Å². The first kappa shape index (κ1) is 13.3. The van der Waals surface area contributed by atoms with E-state index in [1.807, 2.05) is 31.2 Å². The second-order valence-corrected chi connectivity index (χ2v) is 4.63. The van der Waals surface area contributed by atoms with E-state index in [0.29, 0.717) is 17.5 Å². The van der Waals surface area contributed by atoms with E-state index in [-0.39, 0.29) is 12.4 Å². The zero-order valence-corrected chi connectivity index (χ0v) is 11.4. The van der Waals surface area contributed by atoms with Crippen molar-refractivity contribution in [3.63, 3.8) is 0 Å². The predicted octanol–water partition coefficient (Wildman–Crippen LogP) is 3.76. The molecule has 0 spiro atoms. The number of nitrogens with zero attached hydrogens (tertiary/aromatic N) is 2. The molecule has 21 heavy (non-hydrogen) atoms. The van der Waals surface area contributed by atoms with E-state index in [1.165, 1.54) is 12.1 Å². The normalized spacial score (nSPS) is 10.6. The van der Waals surface area contributed by atoms with E-state index in [0.717, 1.165) is 11.1 Å². The summed E-state index contributed by atoms with van der Waals surface area (Å²) in [6.45, 7) is 2.13. The van der Waals surface area contributed by atoms with Crippen molar-refractivity contribution < 1.29 is 13.7 Å². The molecule has 0 saturated heterocycles. The van der Waals surface area contributed by atoms with E-state index in [9.17, 15) is 4.39 Å². The molecule has 0 N–H and O–H groups in total. The molecular formula is C16H13FN2O2.